The van der Waals surface area contributed by atoms with Gasteiger partial charge in [0.2, 0.25) is 10.0 Å². The van der Waals surface area contributed by atoms with E-state index >= 15 is 0 Å². The Bertz CT molecular complexity index is 680. The lowest BCUT2D eigenvalue weighted by Gasteiger charge is -2.20. The van der Waals surface area contributed by atoms with E-state index in [0.717, 1.165) is 0 Å². The van der Waals surface area contributed by atoms with Crippen LogP contribution in [-0.4, -0.2) is 26.4 Å². The number of amides is 1. The van der Waals surface area contributed by atoms with E-state index in [1.54, 1.807) is 33.8 Å². The molecular formula is C15H20N2O3S. The van der Waals surface area contributed by atoms with E-state index in [0.29, 0.717) is 11.1 Å². The molecule has 0 radical (unpaired) electrons. The molecule has 0 saturated heterocycles. The van der Waals surface area contributed by atoms with Crippen molar-refractivity contribution in [2.75, 3.05) is 6.54 Å². The number of aryl methyl sites for hydroxylation is 1. The molecule has 0 fully saturated rings. The molecule has 0 aliphatic heterocycles. The molecule has 6 heteroatoms. The van der Waals surface area contributed by atoms with Gasteiger partial charge in [0.25, 0.3) is 5.91 Å². The quantitative estimate of drug-likeness (QED) is 0.826. The van der Waals surface area contributed by atoms with Crippen molar-refractivity contribution in [2.45, 2.75) is 38.1 Å². The van der Waals surface area contributed by atoms with Gasteiger partial charge in [0.05, 0.1) is 11.4 Å². The molecule has 0 saturated carbocycles. The second-order valence-electron chi connectivity index (χ2n) is 5.72. The lowest BCUT2D eigenvalue weighted by atomic mass is 10.1. The third-order valence-electron chi connectivity index (χ3n) is 2.56. The fourth-order valence-corrected chi connectivity index (χ4v) is 3.15. The monoisotopic (exact) mass is 308 g/mol. The summed E-state index contributed by atoms with van der Waals surface area (Å²) in [6.07, 6.45) is 5.09. The first-order chi connectivity index (χ1) is 9.57. The molecule has 1 amide bonds. The normalized spacial score (nSPS) is 11.8. The van der Waals surface area contributed by atoms with Gasteiger partial charge in [-0.15, -0.1) is 6.42 Å². The van der Waals surface area contributed by atoms with Gasteiger partial charge in [0, 0.05) is 11.1 Å². The molecule has 0 atom stereocenters. The molecule has 0 aliphatic rings. The smallest absolute Gasteiger partial charge is 0.252 e. The Hall–Kier alpha value is -1.84. The number of sulfonamides is 1. The lowest BCUT2D eigenvalue weighted by molar-refractivity contribution is 0.0958. The van der Waals surface area contributed by atoms with Crippen LogP contribution in [0.1, 0.15) is 36.7 Å². The zero-order valence-corrected chi connectivity index (χ0v) is 13.5. The second kappa shape index (κ2) is 6.29. The third-order valence-corrected chi connectivity index (χ3v) is 4.31. The first-order valence-electron chi connectivity index (χ1n) is 6.43. The van der Waals surface area contributed by atoms with Gasteiger partial charge < -0.3 is 5.32 Å². The number of benzene rings is 1. The molecule has 0 spiro atoms. The number of nitrogens with one attached hydrogen (secondary N) is 2. The van der Waals surface area contributed by atoms with Crippen molar-refractivity contribution in [1.82, 2.24) is 10.0 Å². The van der Waals surface area contributed by atoms with Crippen molar-refractivity contribution in [2.24, 2.45) is 0 Å². The summed E-state index contributed by atoms with van der Waals surface area (Å²) in [4.78, 5) is 12.0. The van der Waals surface area contributed by atoms with Crippen LogP contribution in [0.3, 0.4) is 0 Å². The number of terminal acetylenes is 1. The fraction of sp³-hybridized carbons (Fsp3) is 0.400. The van der Waals surface area contributed by atoms with Crippen LogP contribution >= 0.6 is 0 Å². The van der Waals surface area contributed by atoms with Crippen LogP contribution in [-0.2, 0) is 10.0 Å². The zero-order valence-electron chi connectivity index (χ0n) is 12.6. The first-order valence-corrected chi connectivity index (χ1v) is 7.91. The zero-order chi connectivity index (χ0) is 16.3. The van der Waals surface area contributed by atoms with E-state index < -0.39 is 21.5 Å². The molecule has 1 aromatic carbocycles. The van der Waals surface area contributed by atoms with Crippen molar-refractivity contribution in [3.05, 3.63) is 29.3 Å². The summed E-state index contributed by atoms with van der Waals surface area (Å²) >= 11 is 0. The number of carbonyl (C=O) groups excluding carboxylic acids is 1. The minimum absolute atomic E-state index is 0.0499. The van der Waals surface area contributed by atoms with Crippen LogP contribution < -0.4 is 10.0 Å². The summed E-state index contributed by atoms with van der Waals surface area (Å²) in [6.45, 7) is 7.08. The molecule has 0 unspecified atom stereocenters. The van der Waals surface area contributed by atoms with E-state index in [1.807, 2.05) is 0 Å². The number of hydrogen-bond donors (Lipinski definition) is 2. The number of carbonyl (C=O) groups is 1. The maximum Gasteiger partial charge on any atom is 0.252 e. The predicted molar refractivity (Wildman–Crippen MR) is 82.4 cm³/mol. The highest BCUT2D eigenvalue weighted by Gasteiger charge is 2.23. The van der Waals surface area contributed by atoms with E-state index in [9.17, 15) is 13.2 Å². The van der Waals surface area contributed by atoms with E-state index in [1.165, 1.54) is 12.1 Å². The largest absolute Gasteiger partial charge is 0.341 e. The van der Waals surface area contributed by atoms with Crippen LogP contribution in [0.5, 0.6) is 0 Å². The van der Waals surface area contributed by atoms with Gasteiger partial charge in [-0.25, -0.2) is 13.1 Å². The maximum atomic E-state index is 12.3. The van der Waals surface area contributed by atoms with E-state index in [4.69, 9.17) is 6.42 Å². The molecule has 21 heavy (non-hydrogen) atoms. The molecule has 2 N–H and O–H groups in total. The summed E-state index contributed by atoms with van der Waals surface area (Å²) in [5, 5.41) is 2.53. The summed E-state index contributed by atoms with van der Waals surface area (Å²) in [5.41, 5.74) is 0.372. The van der Waals surface area contributed by atoms with Crippen molar-refractivity contribution in [1.29, 1.82) is 0 Å². The van der Waals surface area contributed by atoms with Gasteiger partial charge in [-0.1, -0.05) is 12.0 Å². The van der Waals surface area contributed by atoms with Gasteiger partial charge in [0.1, 0.15) is 0 Å². The highest BCUT2D eigenvalue weighted by molar-refractivity contribution is 7.89. The van der Waals surface area contributed by atoms with Crippen molar-refractivity contribution in [3.63, 3.8) is 0 Å². The molecule has 1 aromatic rings. The molecule has 0 bridgehead atoms. The van der Waals surface area contributed by atoms with Crippen LogP contribution in [0.4, 0.5) is 0 Å². The first kappa shape index (κ1) is 17.2. The number of hydrogen-bond acceptors (Lipinski definition) is 3. The highest BCUT2D eigenvalue weighted by atomic mass is 32.2. The molecular weight excluding hydrogens is 288 g/mol. The Morgan fingerprint density at radius 2 is 1.95 bits per heavy atom. The van der Waals surface area contributed by atoms with E-state index in [2.05, 4.69) is 16.0 Å². The topological polar surface area (TPSA) is 75.3 Å². The van der Waals surface area contributed by atoms with Crippen LogP contribution in [0.15, 0.2) is 23.1 Å². The van der Waals surface area contributed by atoms with Crippen LogP contribution in [0, 0.1) is 19.3 Å². The maximum absolute atomic E-state index is 12.3. The second-order valence-corrected chi connectivity index (χ2v) is 7.40. The van der Waals surface area contributed by atoms with Crippen molar-refractivity contribution >= 4 is 15.9 Å². The van der Waals surface area contributed by atoms with Gasteiger partial charge in [0.15, 0.2) is 0 Å². The Labute approximate surface area is 126 Å². The van der Waals surface area contributed by atoms with Gasteiger partial charge >= 0.3 is 0 Å². The van der Waals surface area contributed by atoms with Crippen molar-refractivity contribution in [3.8, 4) is 12.3 Å². The summed E-state index contributed by atoms with van der Waals surface area (Å²) in [6, 6.07) is 4.43. The average molecular weight is 308 g/mol. The van der Waals surface area contributed by atoms with Gasteiger partial charge in [-0.3, -0.25) is 4.79 Å². The molecule has 0 aliphatic carbocycles. The van der Waals surface area contributed by atoms with Crippen molar-refractivity contribution < 1.29 is 13.2 Å². The Kier molecular flexibility index (Phi) is 5.15. The lowest BCUT2D eigenvalue weighted by Crippen LogP contribution is -2.40. The summed E-state index contributed by atoms with van der Waals surface area (Å²) < 4.78 is 27.1. The predicted octanol–water partition coefficient (Wildman–Crippen LogP) is 1.43. The highest BCUT2D eigenvalue weighted by Crippen LogP contribution is 2.17. The minimum Gasteiger partial charge on any atom is -0.341 e. The molecule has 0 heterocycles. The fourth-order valence-electron chi connectivity index (χ4n) is 1.70. The SMILES string of the molecule is C#CCNC(=O)c1cc(S(=O)(=O)NC(C)(C)C)ccc1C. The standard InChI is InChI=1S/C15H20N2O3S/c1-6-9-16-14(18)13-10-12(8-7-11(13)2)21(19,20)17-15(3,4)5/h1,7-8,10,17H,9H2,2-5H3,(H,16,18). The van der Waals surface area contributed by atoms with Crippen LogP contribution in [0.25, 0.3) is 0 Å². The Morgan fingerprint density at radius 1 is 1.33 bits per heavy atom. The minimum atomic E-state index is -3.68. The average Bonchev–Trinajstić information content (AvgIpc) is 2.33. The molecule has 114 valence electrons. The molecule has 5 nitrogen and oxygen atoms in total. The molecule has 1 rings (SSSR count). The van der Waals surface area contributed by atoms with Crippen LogP contribution in [0.2, 0.25) is 0 Å². The molecule has 0 aromatic heterocycles. The van der Waals surface area contributed by atoms with Gasteiger partial charge in [-0.2, -0.15) is 0 Å². The summed E-state index contributed by atoms with van der Waals surface area (Å²) in [7, 11) is -3.68. The van der Waals surface area contributed by atoms with E-state index in [-0.39, 0.29) is 11.4 Å². The van der Waals surface area contributed by atoms with Gasteiger partial charge in [-0.05, 0) is 45.4 Å². The Morgan fingerprint density at radius 3 is 2.48 bits per heavy atom. The summed E-state index contributed by atoms with van der Waals surface area (Å²) in [5.74, 6) is 1.91. The third kappa shape index (κ3) is 4.88. The number of rotatable bonds is 4. The Balaban J connectivity index is 3.18.